The van der Waals surface area contributed by atoms with E-state index in [2.05, 4.69) is 77.6 Å². The van der Waals surface area contributed by atoms with Gasteiger partial charge in [0.25, 0.3) is 0 Å². The Morgan fingerprint density at radius 1 is 0.920 bits per heavy atom. The summed E-state index contributed by atoms with van der Waals surface area (Å²) in [7, 11) is 0. The highest BCUT2D eigenvalue weighted by Crippen LogP contribution is 2.48. The molecule has 2 heteroatoms. The van der Waals surface area contributed by atoms with Gasteiger partial charge in [-0.2, -0.15) is 0 Å². The van der Waals surface area contributed by atoms with Gasteiger partial charge in [-0.15, -0.1) is 6.42 Å². The zero-order chi connectivity index (χ0) is 16.8. The van der Waals surface area contributed by atoms with E-state index in [1.165, 1.54) is 21.9 Å². The van der Waals surface area contributed by atoms with Gasteiger partial charge in [0.1, 0.15) is 5.75 Å². The molecule has 0 unspecified atom stereocenters. The van der Waals surface area contributed by atoms with Crippen molar-refractivity contribution in [2.45, 2.75) is 31.2 Å². The fourth-order valence-electron chi connectivity index (χ4n) is 4.36. The van der Waals surface area contributed by atoms with Crippen molar-refractivity contribution in [2.75, 3.05) is 0 Å². The maximum absolute atomic E-state index is 6.38. The fraction of sp³-hybridized carbons (Fsp3) is 0.217. The summed E-state index contributed by atoms with van der Waals surface area (Å²) in [5.41, 5.74) is 2.51. The van der Waals surface area contributed by atoms with E-state index in [0.29, 0.717) is 0 Å². The van der Waals surface area contributed by atoms with E-state index in [9.17, 15) is 0 Å². The average Bonchev–Trinajstić information content (AvgIpc) is 3.09. The molecular formula is C23H19NO. The number of terminal acetylenes is 1. The fourth-order valence-corrected chi connectivity index (χ4v) is 4.36. The number of nitrogens with zero attached hydrogens (tertiary/aromatic N) is 1. The van der Waals surface area contributed by atoms with Crippen LogP contribution < -0.4 is 4.74 Å². The van der Waals surface area contributed by atoms with Crippen LogP contribution in [0.4, 0.5) is 0 Å². The van der Waals surface area contributed by atoms with E-state index in [4.69, 9.17) is 11.2 Å². The SMILES string of the molecule is C#C[C@H]1CC[C@H]2Oc3ccc4ccccc4c3[C@H](c3ccccc3)N12. The van der Waals surface area contributed by atoms with Gasteiger partial charge >= 0.3 is 0 Å². The van der Waals surface area contributed by atoms with Crippen LogP contribution in [0.2, 0.25) is 0 Å². The van der Waals surface area contributed by atoms with E-state index in [0.717, 1.165) is 18.6 Å². The number of hydrogen-bond donors (Lipinski definition) is 0. The van der Waals surface area contributed by atoms with Crippen LogP contribution in [0.25, 0.3) is 10.8 Å². The molecule has 5 rings (SSSR count). The van der Waals surface area contributed by atoms with Gasteiger partial charge in [0.15, 0.2) is 6.23 Å². The minimum absolute atomic E-state index is 0.0555. The highest BCUT2D eigenvalue weighted by Gasteiger charge is 2.44. The van der Waals surface area contributed by atoms with Crippen LogP contribution in [0.15, 0.2) is 66.7 Å². The predicted molar refractivity (Wildman–Crippen MR) is 100 cm³/mol. The Hall–Kier alpha value is -2.76. The number of fused-ring (bicyclic) bond motifs is 4. The summed E-state index contributed by atoms with van der Waals surface area (Å²) >= 11 is 0. The zero-order valence-corrected chi connectivity index (χ0v) is 13.9. The Balaban J connectivity index is 1.80. The van der Waals surface area contributed by atoms with Crippen LogP contribution in [0, 0.1) is 12.3 Å². The molecule has 0 saturated carbocycles. The third kappa shape index (κ3) is 2.17. The molecule has 3 atom stereocenters. The zero-order valence-electron chi connectivity index (χ0n) is 13.9. The van der Waals surface area contributed by atoms with Crippen molar-refractivity contribution in [1.29, 1.82) is 0 Å². The van der Waals surface area contributed by atoms with Crippen molar-refractivity contribution in [3.05, 3.63) is 77.9 Å². The van der Waals surface area contributed by atoms with Crippen molar-refractivity contribution < 1.29 is 4.74 Å². The first-order valence-corrected chi connectivity index (χ1v) is 8.83. The lowest BCUT2D eigenvalue weighted by Crippen LogP contribution is -2.45. The average molecular weight is 325 g/mol. The molecule has 0 aromatic heterocycles. The quantitative estimate of drug-likeness (QED) is 0.599. The Morgan fingerprint density at radius 2 is 1.72 bits per heavy atom. The number of benzene rings is 3. The van der Waals surface area contributed by atoms with E-state index in [-0.39, 0.29) is 18.3 Å². The maximum atomic E-state index is 6.38. The van der Waals surface area contributed by atoms with Gasteiger partial charge < -0.3 is 4.74 Å². The standard InChI is InChI=1S/C23H19NO/c1-2-18-13-15-21-24(18)23(17-9-4-3-5-10-17)22-19-11-7-6-8-16(19)12-14-20(22)25-21/h1,3-12,14,18,21,23H,13,15H2/t18-,21+,23-/m0/s1. The molecule has 2 aliphatic rings. The number of rotatable bonds is 1. The molecule has 0 N–H and O–H groups in total. The lowest BCUT2D eigenvalue weighted by molar-refractivity contribution is 0.00565. The Bertz CT molecular complexity index is 972. The second kappa shape index (κ2) is 5.65. The molecule has 0 spiro atoms. The molecule has 2 nitrogen and oxygen atoms in total. The van der Waals surface area contributed by atoms with Crippen molar-refractivity contribution in [1.82, 2.24) is 4.90 Å². The molecule has 0 bridgehead atoms. The second-order valence-electron chi connectivity index (χ2n) is 6.79. The summed E-state index contributed by atoms with van der Waals surface area (Å²) in [6.45, 7) is 0. The molecule has 2 heterocycles. The monoisotopic (exact) mass is 325 g/mol. The molecule has 1 saturated heterocycles. The van der Waals surface area contributed by atoms with E-state index >= 15 is 0 Å². The summed E-state index contributed by atoms with van der Waals surface area (Å²) in [6.07, 6.45) is 7.88. The number of ether oxygens (including phenoxy) is 1. The summed E-state index contributed by atoms with van der Waals surface area (Å²) in [5.74, 6) is 3.98. The first kappa shape index (κ1) is 14.6. The Labute approximate surface area is 148 Å². The largest absolute Gasteiger partial charge is 0.475 e. The van der Waals surface area contributed by atoms with Gasteiger partial charge in [-0.1, -0.05) is 66.6 Å². The predicted octanol–water partition coefficient (Wildman–Crippen LogP) is 4.75. The van der Waals surface area contributed by atoms with Crippen LogP contribution in [-0.4, -0.2) is 17.2 Å². The molecule has 0 radical (unpaired) electrons. The molecule has 1 fully saturated rings. The molecule has 0 aliphatic carbocycles. The molecule has 25 heavy (non-hydrogen) atoms. The molecule has 3 aromatic carbocycles. The second-order valence-corrected chi connectivity index (χ2v) is 6.79. The lowest BCUT2D eigenvalue weighted by Gasteiger charge is -2.41. The molecule has 0 amide bonds. The highest BCUT2D eigenvalue weighted by atomic mass is 16.5. The molecule has 122 valence electrons. The molecular weight excluding hydrogens is 306 g/mol. The highest BCUT2D eigenvalue weighted by molar-refractivity contribution is 5.89. The van der Waals surface area contributed by atoms with Crippen LogP contribution in [0.3, 0.4) is 0 Å². The first-order chi connectivity index (χ1) is 12.4. The van der Waals surface area contributed by atoms with E-state index in [1.807, 2.05) is 0 Å². The van der Waals surface area contributed by atoms with E-state index < -0.39 is 0 Å². The summed E-state index contributed by atoms with van der Waals surface area (Å²) < 4.78 is 6.38. The number of hydrogen-bond acceptors (Lipinski definition) is 2. The van der Waals surface area contributed by atoms with Crippen molar-refractivity contribution in [2.24, 2.45) is 0 Å². The third-order valence-electron chi connectivity index (χ3n) is 5.45. The van der Waals surface area contributed by atoms with Crippen molar-refractivity contribution in [3.63, 3.8) is 0 Å². The van der Waals surface area contributed by atoms with Crippen molar-refractivity contribution in [3.8, 4) is 18.1 Å². The summed E-state index contributed by atoms with van der Waals surface area (Å²) in [4.78, 5) is 2.39. The smallest absolute Gasteiger partial charge is 0.154 e. The van der Waals surface area contributed by atoms with Crippen LogP contribution in [-0.2, 0) is 0 Å². The Morgan fingerprint density at radius 3 is 2.56 bits per heavy atom. The van der Waals surface area contributed by atoms with Gasteiger partial charge in [-0.25, -0.2) is 4.90 Å². The van der Waals surface area contributed by atoms with Gasteiger partial charge in [-0.05, 0) is 28.8 Å². The first-order valence-electron chi connectivity index (χ1n) is 8.83. The normalized spacial score (nSPS) is 25.0. The van der Waals surface area contributed by atoms with Gasteiger partial charge in [0.2, 0.25) is 0 Å². The minimum atomic E-state index is 0.0555. The van der Waals surface area contributed by atoms with Gasteiger partial charge in [0, 0.05) is 12.0 Å². The van der Waals surface area contributed by atoms with Crippen molar-refractivity contribution >= 4 is 10.8 Å². The molecule has 2 aliphatic heterocycles. The van der Waals surface area contributed by atoms with Gasteiger partial charge in [-0.3, -0.25) is 0 Å². The summed E-state index contributed by atoms with van der Waals surface area (Å²) in [6, 6.07) is 23.7. The summed E-state index contributed by atoms with van der Waals surface area (Å²) in [5, 5.41) is 2.48. The third-order valence-corrected chi connectivity index (χ3v) is 5.45. The topological polar surface area (TPSA) is 12.5 Å². The maximum Gasteiger partial charge on any atom is 0.154 e. The molecule has 3 aromatic rings. The minimum Gasteiger partial charge on any atom is -0.475 e. The van der Waals surface area contributed by atoms with E-state index in [1.54, 1.807) is 0 Å². The lowest BCUT2D eigenvalue weighted by atomic mass is 9.90. The van der Waals surface area contributed by atoms with Gasteiger partial charge in [0.05, 0.1) is 12.1 Å². The van der Waals surface area contributed by atoms with Crippen LogP contribution >= 0.6 is 0 Å². The Kier molecular flexibility index (Phi) is 3.29. The van der Waals surface area contributed by atoms with Crippen LogP contribution in [0.1, 0.15) is 30.0 Å². The van der Waals surface area contributed by atoms with Crippen LogP contribution in [0.5, 0.6) is 5.75 Å².